The van der Waals surface area contributed by atoms with Crippen molar-refractivity contribution in [1.82, 2.24) is 20.3 Å². The van der Waals surface area contributed by atoms with E-state index < -0.39 is 0 Å². The van der Waals surface area contributed by atoms with Crippen LogP contribution in [0.4, 0.5) is 0 Å². The molecular formula is C12H24N4O. The van der Waals surface area contributed by atoms with Crippen LogP contribution in [0.1, 0.15) is 39.3 Å². The number of nitrogens with one attached hydrogen (secondary N) is 1. The zero-order valence-corrected chi connectivity index (χ0v) is 11.1. The third-order valence-corrected chi connectivity index (χ3v) is 2.59. The molecule has 1 aromatic rings. The van der Waals surface area contributed by atoms with Gasteiger partial charge < -0.3 is 10.4 Å². The largest absolute Gasteiger partial charge is 0.396 e. The first-order valence-corrected chi connectivity index (χ1v) is 6.35. The summed E-state index contributed by atoms with van der Waals surface area (Å²) in [6, 6.07) is 0.498. The van der Waals surface area contributed by atoms with E-state index in [-0.39, 0.29) is 6.61 Å². The van der Waals surface area contributed by atoms with Gasteiger partial charge in [-0.3, -0.25) is 4.68 Å². The van der Waals surface area contributed by atoms with Crippen molar-refractivity contribution in [3.8, 4) is 0 Å². The minimum atomic E-state index is 0.193. The lowest BCUT2D eigenvalue weighted by atomic mass is 10.1. The number of nitrogens with zero attached hydrogens (tertiary/aromatic N) is 3. The normalized spacial score (nSPS) is 13.2. The summed E-state index contributed by atoms with van der Waals surface area (Å²) >= 11 is 0. The summed E-state index contributed by atoms with van der Waals surface area (Å²) in [5, 5.41) is 20.3. The van der Waals surface area contributed by atoms with Gasteiger partial charge in [0.15, 0.2) is 0 Å². The molecule has 0 bridgehead atoms. The topological polar surface area (TPSA) is 63.0 Å². The van der Waals surface area contributed by atoms with Crippen molar-refractivity contribution in [1.29, 1.82) is 0 Å². The van der Waals surface area contributed by atoms with Gasteiger partial charge >= 0.3 is 0 Å². The Bertz CT molecular complexity index is 311. The summed E-state index contributed by atoms with van der Waals surface area (Å²) < 4.78 is 1.78. The SMILES string of the molecule is CC(C)CC(C)NCc1cn(CCCO)nn1. The van der Waals surface area contributed by atoms with Gasteiger partial charge in [-0.1, -0.05) is 19.1 Å². The Morgan fingerprint density at radius 1 is 1.41 bits per heavy atom. The molecule has 2 N–H and O–H groups in total. The first-order chi connectivity index (χ1) is 8.11. The highest BCUT2D eigenvalue weighted by Gasteiger charge is 2.06. The van der Waals surface area contributed by atoms with Crippen LogP contribution in [-0.4, -0.2) is 32.7 Å². The fourth-order valence-electron chi connectivity index (χ4n) is 1.83. The van der Waals surface area contributed by atoms with E-state index in [1.165, 1.54) is 6.42 Å². The lowest BCUT2D eigenvalue weighted by Crippen LogP contribution is -2.27. The fraction of sp³-hybridized carbons (Fsp3) is 0.833. The van der Waals surface area contributed by atoms with Crippen LogP contribution in [0.15, 0.2) is 6.20 Å². The highest BCUT2D eigenvalue weighted by Crippen LogP contribution is 2.04. The molecule has 0 aliphatic rings. The van der Waals surface area contributed by atoms with Crippen LogP contribution < -0.4 is 5.32 Å². The molecule has 0 amide bonds. The Labute approximate surface area is 103 Å². The second-order valence-corrected chi connectivity index (χ2v) is 4.96. The van der Waals surface area contributed by atoms with Crippen molar-refractivity contribution in [3.05, 3.63) is 11.9 Å². The summed E-state index contributed by atoms with van der Waals surface area (Å²) in [5.74, 6) is 0.706. The first-order valence-electron chi connectivity index (χ1n) is 6.35. The fourth-order valence-corrected chi connectivity index (χ4v) is 1.83. The van der Waals surface area contributed by atoms with Gasteiger partial charge in [-0.15, -0.1) is 5.10 Å². The van der Waals surface area contributed by atoms with Crippen LogP contribution >= 0.6 is 0 Å². The van der Waals surface area contributed by atoms with Crippen molar-refractivity contribution < 1.29 is 5.11 Å². The van der Waals surface area contributed by atoms with Crippen LogP contribution in [0.2, 0.25) is 0 Å². The predicted octanol–water partition coefficient (Wildman–Crippen LogP) is 1.18. The molecule has 0 saturated carbocycles. The number of aliphatic hydroxyl groups is 1. The molecule has 98 valence electrons. The summed E-state index contributed by atoms with van der Waals surface area (Å²) in [4.78, 5) is 0. The number of aliphatic hydroxyl groups excluding tert-OH is 1. The molecule has 0 aromatic carbocycles. The predicted molar refractivity (Wildman–Crippen MR) is 67.5 cm³/mol. The number of rotatable bonds is 8. The van der Waals surface area contributed by atoms with Crippen molar-refractivity contribution in [2.24, 2.45) is 5.92 Å². The Morgan fingerprint density at radius 3 is 2.82 bits per heavy atom. The number of hydrogen-bond donors (Lipinski definition) is 2. The molecule has 0 saturated heterocycles. The van der Waals surface area contributed by atoms with Gasteiger partial charge in [-0.05, 0) is 25.7 Å². The van der Waals surface area contributed by atoms with Gasteiger partial charge in [0.1, 0.15) is 0 Å². The Hall–Kier alpha value is -0.940. The van der Waals surface area contributed by atoms with E-state index in [9.17, 15) is 0 Å². The average molecular weight is 240 g/mol. The third-order valence-electron chi connectivity index (χ3n) is 2.59. The maximum Gasteiger partial charge on any atom is 0.0964 e. The summed E-state index contributed by atoms with van der Waals surface area (Å²) in [5.41, 5.74) is 0.957. The second-order valence-electron chi connectivity index (χ2n) is 4.96. The van der Waals surface area contributed by atoms with E-state index in [1.807, 2.05) is 6.20 Å². The van der Waals surface area contributed by atoms with E-state index in [0.29, 0.717) is 12.0 Å². The Balaban J connectivity index is 2.29. The quantitative estimate of drug-likeness (QED) is 0.716. The highest BCUT2D eigenvalue weighted by molar-refractivity contribution is 4.91. The van der Waals surface area contributed by atoms with E-state index in [0.717, 1.165) is 25.2 Å². The molecule has 17 heavy (non-hydrogen) atoms. The Morgan fingerprint density at radius 2 is 2.18 bits per heavy atom. The molecule has 5 nitrogen and oxygen atoms in total. The van der Waals surface area contributed by atoms with Crippen molar-refractivity contribution in [2.75, 3.05) is 6.61 Å². The van der Waals surface area contributed by atoms with E-state index >= 15 is 0 Å². The monoisotopic (exact) mass is 240 g/mol. The van der Waals surface area contributed by atoms with Crippen LogP contribution in [0.5, 0.6) is 0 Å². The molecule has 0 fully saturated rings. The van der Waals surface area contributed by atoms with Crippen LogP contribution in [0.25, 0.3) is 0 Å². The standard InChI is InChI=1S/C12H24N4O/c1-10(2)7-11(3)13-8-12-9-16(15-14-12)5-4-6-17/h9-11,13,17H,4-8H2,1-3H3. The molecule has 1 aromatic heterocycles. The van der Waals surface area contributed by atoms with Crippen molar-refractivity contribution >= 4 is 0 Å². The lowest BCUT2D eigenvalue weighted by Gasteiger charge is -2.14. The van der Waals surface area contributed by atoms with Gasteiger partial charge in [0.2, 0.25) is 0 Å². The second kappa shape index (κ2) is 7.40. The molecule has 0 aliphatic carbocycles. The molecule has 1 rings (SSSR count). The van der Waals surface area contributed by atoms with E-state index in [4.69, 9.17) is 5.11 Å². The molecule has 1 heterocycles. The van der Waals surface area contributed by atoms with E-state index in [2.05, 4.69) is 36.4 Å². The summed E-state index contributed by atoms with van der Waals surface area (Å²) in [6.45, 7) is 8.32. The zero-order valence-electron chi connectivity index (χ0n) is 11.1. The number of aryl methyl sites for hydroxylation is 1. The zero-order chi connectivity index (χ0) is 12.7. The molecule has 1 atom stereocenters. The minimum absolute atomic E-state index is 0.193. The van der Waals surface area contributed by atoms with E-state index in [1.54, 1.807) is 4.68 Å². The summed E-state index contributed by atoms with van der Waals surface area (Å²) in [7, 11) is 0. The van der Waals surface area contributed by atoms with Crippen LogP contribution in [0, 0.1) is 5.92 Å². The van der Waals surface area contributed by atoms with Crippen molar-refractivity contribution in [2.45, 2.75) is 52.7 Å². The molecule has 0 radical (unpaired) electrons. The lowest BCUT2D eigenvalue weighted by molar-refractivity contribution is 0.276. The Kier molecular flexibility index (Phi) is 6.15. The smallest absolute Gasteiger partial charge is 0.0964 e. The molecular weight excluding hydrogens is 216 g/mol. The third kappa shape index (κ3) is 5.79. The van der Waals surface area contributed by atoms with Crippen molar-refractivity contribution in [3.63, 3.8) is 0 Å². The average Bonchev–Trinajstić information content (AvgIpc) is 2.70. The number of aromatic nitrogens is 3. The maximum atomic E-state index is 8.72. The molecule has 0 spiro atoms. The summed E-state index contributed by atoms with van der Waals surface area (Å²) in [6.07, 6.45) is 3.82. The first kappa shape index (κ1) is 14.1. The highest BCUT2D eigenvalue weighted by atomic mass is 16.3. The van der Waals surface area contributed by atoms with Gasteiger partial charge in [0.05, 0.1) is 5.69 Å². The molecule has 0 aliphatic heterocycles. The van der Waals surface area contributed by atoms with Gasteiger partial charge in [0, 0.05) is 31.9 Å². The van der Waals surface area contributed by atoms with Gasteiger partial charge in [0.25, 0.3) is 0 Å². The van der Waals surface area contributed by atoms with Crippen LogP contribution in [0.3, 0.4) is 0 Å². The molecule has 1 unspecified atom stereocenters. The number of hydrogen-bond acceptors (Lipinski definition) is 4. The van der Waals surface area contributed by atoms with Gasteiger partial charge in [-0.25, -0.2) is 0 Å². The van der Waals surface area contributed by atoms with Gasteiger partial charge in [-0.2, -0.15) is 0 Å². The molecule has 5 heteroatoms. The minimum Gasteiger partial charge on any atom is -0.396 e. The maximum absolute atomic E-state index is 8.72. The van der Waals surface area contributed by atoms with Crippen LogP contribution in [-0.2, 0) is 13.1 Å².